The second-order valence-electron chi connectivity index (χ2n) is 8.55. The largest absolute Gasteiger partial charge is 0.331 e. The monoisotopic (exact) mass is 467 g/mol. The van der Waals surface area contributed by atoms with Gasteiger partial charge in [0, 0.05) is 18.8 Å². The molecule has 3 aromatic rings. The summed E-state index contributed by atoms with van der Waals surface area (Å²) in [5.41, 5.74) is 4.07. The van der Waals surface area contributed by atoms with Crippen LogP contribution in [0.5, 0.6) is 0 Å². The normalized spacial score (nSPS) is 11.9. The molecule has 0 spiro atoms. The lowest BCUT2D eigenvalue weighted by Crippen LogP contribution is -2.43. The second-order valence-corrected chi connectivity index (χ2v) is 10.2. The number of nitrogens with zero attached hydrogens (tertiary/aromatic N) is 3. The van der Waals surface area contributed by atoms with E-state index >= 15 is 0 Å². The zero-order valence-electron chi connectivity index (χ0n) is 19.8. The van der Waals surface area contributed by atoms with Crippen LogP contribution in [0.3, 0.4) is 0 Å². The van der Waals surface area contributed by atoms with Crippen molar-refractivity contribution >= 4 is 16.0 Å². The van der Waals surface area contributed by atoms with Gasteiger partial charge >= 0.3 is 0 Å². The molecule has 1 aromatic heterocycles. The van der Waals surface area contributed by atoms with E-state index in [1.165, 1.54) is 0 Å². The molecule has 3 rings (SSSR count). The van der Waals surface area contributed by atoms with Crippen LogP contribution in [0.15, 0.2) is 54.7 Å². The van der Waals surface area contributed by atoms with Crippen LogP contribution in [0.2, 0.25) is 0 Å². The van der Waals surface area contributed by atoms with Crippen LogP contribution in [0.4, 0.5) is 0 Å². The van der Waals surface area contributed by atoms with Gasteiger partial charge in [-0.2, -0.15) is 8.42 Å². The molecule has 8 heteroatoms. The first kappa shape index (κ1) is 24.5. The number of hydrogen-bond donors (Lipinski definition) is 0. The van der Waals surface area contributed by atoms with Gasteiger partial charge in [0.25, 0.3) is 16.0 Å². The molecule has 0 saturated heterocycles. The molecule has 1 amide bonds. The van der Waals surface area contributed by atoms with Gasteiger partial charge in [0.05, 0.1) is 11.8 Å². The fourth-order valence-corrected chi connectivity index (χ4v) is 3.82. The van der Waals surface area contributed by atoms with Crippen molar-refractivity contribution in [2.24, 2.45) is 0 Å². The first-order valence-electron chi connectivity index (χ1n) is 10.5. The van der Waals surface area contributed by atoms with Gasteiger partial charge < -0.3 is 4.90 Å². The van der Waals surface area contributed by atoms with Crippen molar-refractivity contribution in [3.05, 3.63) is 82.9 Å². The van der Waals surface area contributed by atoms with E-state index in [0.717, 1.165) is 28.5 Å². The molecule has 0 N–H and O–H groups in total. The molecule has 0 saturated carbocycles. The topological polar surface area (TPSA) is 89.5 Å². The highest BCUT2D eigenvalue weighted by molar-refractivity contribution is 7.85. The molecule has 0 radical (unpaired) electrons. The van der Waals surface area contributed by atoms with Gasteiger partial charge in [-0.3, -0.25) is 8.98 Å². The van der Waals surface area contributed by atoms with Crippen molar-refractivity contribution in [1.82, 2.24) is 14.9 Å². The molecule has 33 heavy (non-hydrogen) atoms. The number of aromatic nitrogens is 2. The van der Waals surface area contributed by atoms with Gasteiger partial charge in [-0.1, -0.05) is 48.5 Å². The predicted molar refractivity (Wildman–Crippen MR) is 128 cm³/mol. The van der Waals surface area contributed by atoms with Gasteiger partial charge in [-0.25, -0.2) is 9.97 Å². The van der Waals surface area contributed by atoms with E-state index in [-0.39, 0.29) is 24.0 Å². The maximum Gasteiger partial charge on any atom is 0.273 e. The Bertz CT molecular complexity index is 1270. The molecule has 7 nitrogen and oxygen atoms in total. The molecular weight excluding hydrogens is 438 g/mol. The van der Waals surface area contributed by atoms with Gasteiger partial charge in [0.15, 0.2) is 5.82 Å². The Morgan fingerprint density at radius 2 is 1.70 bits per heavy atom. The van der Waals surface area contributed by atoms with Crippen molar-refractivity contribution < 1.29 is 17.4 Å². The highest BCUT2D eigenvalue weighted by Gasteiger charge is 2.32. The SMILES string of the molecule is Cc1cccc(-c2cnc(COS(C)(=O)=O)nc2C(=O)N(C)C(C)(C)c2ccccc2)c1C. The fraction of sp³-hybridized carbons (Fsp3) is 0.320. The van der Waals surface area contributed by atoms with Crippen LogP contribution in [0.1, 0.15) is 46.9 Å². The average molecular weight is 468 g/mol. The number of amides is 1. The summed E-state index contributed by atoms with van der Waals surface area (Å²) < 4.78 is 27.7. The van der Waals surface area contributed by atoms with E-state index in [4.69, 9.17) is 4.18 Å². The van der Waals surface area contributed by atoms with Crippen molar-refractivity contribution in [2.75, 3.05) is 13.3 Å². The van der Waals surface area contributed by atoms with Crippen molar-refractivity contribution in [3.63, 3.8) is 0 Å². The predicted octanol–water partition coefficient (Wildman–Crippen LogP) is 4.24. The summed E-state index contributed by atoms with van der Waals surface area (Å²) in [6.07, 6.45) is 2.52. The van der Waals surface area contributed by atoms with E-state index in [2.05, 4.69) is 9.97 Å². The number of carbonyl (C=O) groups excluding carboxylic acids is 1. The smallest absolute Gasteiger partial charge is 0.273 e. The molecular formula is C25H29N3O4S. The third-order valence-corrected chi connectivity index (χ3v) is 6.51. The zero-order chi connectivity index (χ0) is 24.4. The maximum atomic E-state index is 13.8. The summed E-state index contributed by atoms with van der Waals surface area (Å²) in [5.74, 6) is -0.188. The summed E-state index contributed by atoms with van der Waals surface area (Å²) >= 11 is 0. The summed E-state index contributed by atoms with van der Waals surface area (Å²) in [6, 6.07) is 15.6. The Kier molecular flexibility index (Phi) is 7.00. The number of benzene rings is 2. The van der Waals surface area contributed by atoms with Gasteiger partial charge in [0.2, 0.25) is 0 Å². The minimum atomic E-state index is -3.68. The Balaban J connectivity index is 2.11. The number of rotatable bonds is 7. The van der Waals surface area contributed by atoms with E-state index in [1.54, 1.807) is 18.1 Å². The lowest BCUT2D eigenvalue weighted by molar-refractivity contribution is 0.0616. The molecule has 0 bridgehead atoms. The Morgan fingerprint density at radius 3 is 2.33 bits per heavy atom. The van der Waals surface area contributed by atoms with Crippen molar-refractivity contribution in [3.8, 4) is 11.1 Å². The average Bonchev–Trinajstić information content (AvgIpc) is 2.78. The molecule has 174 valence electrons. The van der Waals surface area contributed by atoms with E-state index in [9.17, 15) is 13.2 Å². The lowest BCUT2D eigenvalue weighted by atomic mass is 9.91. The molecule has 0 aliphatic rings. The molecule has 0 aliphatic heterocycles. The minimum absolute atomic E-state index is 0.115. The second kappa shape index (κ2) is 9.41. The summed E-state index contributed by atoms with van der Waals surface area (Å²) in [6.45, 7) is 7.56. The van der Waals surface area contributed by atoms with E-state index in [0.29, 0.717) is 5.56 Å². The standard InChI is InChI=1S/C25H29N3O4S/c1-17-11-10-14-20(18(17)2)21-15-26-22(16-32-33(6,30)31)27-23(21)24(29)28(5)25(3,4)19-12-8-7-9-13-19/h7-15H,16H2,1-6H3. The van der Waals surface area contributed by atoms with Gasteiger partial charge in [-0.05, 0) is 49.9 Å². The van der Waals surface area contributed by atoms with Gasteiger partial charge in [0.1, 0.15) is 12.3 Å². The third kappa shape index (κ3) is 5.46. The molecule has 0 atom stereocenters. The quantitative estimate of drug-likeness (QED) is 0.483. The summed E-state index contributed by atoms with van der Waals surface area (Å²) in [5, 5.41) is 0. The first-order chi connectivity index (χ1) is 15.4. The van der Waals surface area contributed by atoms with Crippen LogP contribution in [-0.4, -0.2) is 42.5 Å². The molecule has 1 heterocycles. The first-order valence-corrected chi connectivity index (χ1v) is 12.3. The Labute approximate surface area is 195 Å². The van der Waals surface area contributed by atoms with Crippen LogP contribution in [-0.2, 0) is 26.4 Å². The highest BCUT2D eigenvalue weighted by Crippen LogP contribution is 2.32. The number of hydrogen-bond acceptors (Lipinski definition) is 6. The molecule has 0 aliphatic carbocycles. The zero-order valence-corrected chi connectivity index (χ0v) is 20.6. The van der Waals surface area contributed by atoms with Crippen molar-refractivity contribution in [1.29, 1.82) is 0 Å². The number of carbonyl (C=O) groups is 1. The molecule has 2 aromatic carbocycles. The molecule has 0 unspecified atom stereocenters. The van der Waals surface area contributed by atoms with E-state index < -0.39 is 15.7 Å². The number of aryl methyl sites for hydroxylation is 1. The highest BCUT2D eigenvalue weighted by atomic mass is 32.2. The molecule has 0 fully saturated rings. The van der Waals surface area contributed by atoms with Crippen molar-refractivity contribution in [2.45, 2.75) is 39.8 Å². The lowest BCUT2D eigenvalue weighted by Gasteiger charge is -2.36. The van der Waals surface area contributed by atoms with Crippen LogP contribution in [0, 0.1) is 13.8 Å². The van der Waals surface area contributed by atoms with Gasteiger partial charge in [-0.15, -0.1) is 0 Å². The summed E-state index contributed by atoms with van der Waals surface area (Å²) in [7, 11) is -1.95. The maximum absolute atomic E-state index is 13.8. The third-order valence-electron chi connectivity index (χ3n) is 5.96. The van der Waals surface area contributed by atoms with Crippen LogP contribution >= 0.6 is 0 Å². The Morgan fingerprint density at radius 1 is 1.03 bits per heavy atom. The van der Waals surface area contributed by atoms with E-state index in [1.807, 2.05) is 76.2 Å². The fourth-order valence-electron chi connectivity index (χ4n) is 3.50. The van der Waals surface area contributed by atoms with Crippen LogP contribution in [0.25, 0.3) is 11.1 Å². The summed E-state index contributed by atoms with van der Waals surface area (Å²) in [4.78, 5) is 24.2. The minimum Gasteiger partial charge on any atom is -0.331 e. The Hall–Kier alpha value is -3.10. The van der Waals surface area contributed by atoms with Crippen LogP contribution < -0.4 is 0 Å².